The van der Waals surface area contributed by atoms with Gasteiger partial charge in [-0.3, -0.25) is 4.90 Å². The van der Waals surface area contributed by atoms with E-state index >= 15 is 0 Å². The van der Waals surface area contributed by atoms with Crippen molar-refractivity contribution in [3.63, 3.8) is 0 Å². The molecule has 1 aliphatic rings. The second-order valence-corrected chi connectivity index (χ2v) is 5.65. The first-order valence-corrected chi connectivity index (χ1v) is 7.25. The Morgan fingerprint density at radius 1 is 1.40 bits per heavy atom. The van der Waals surface area contributed by atoms with Crippen LogP contribution in [0, 0.1) is 12.8 Å². The number of carboxylic acid groups (broad SMARTS) is 1. The monoisotopic (exact) mass is 277 g/mol. The summed E-state index contributed by atoms with van der Waals surface area (Å²) in [5.74, 6) is 0.568. The predicted molar refractivity (Wildman–Crippen MR) is 78.5 cm³/mol. The molecule has 1 aliphatic heterocycles. The van der Waals surface area contributed by atoms with Gasteiger partial charge >= 0.3 is 5.97 Å². The summed E-state index contributed by atoms with van der Waals surface area (Å²) in [6.45, 7) is 7.88. The second-order valence-electron chi connectivity index (χ2n) is 5.65. The van der Waals surface area contributed by atoms with Crippen molar-refractivity contribution in [1.29, 1.82) is 0 Å². The number of rotatable bonds is 5. The molecule has 1 saturated heterocycles. The Morgan fingerprint density at radius 3 is 2.75 bits per heavy atom. The van der Waals surface area contributed by atoms with Gasteiger partial charge in [-0.25, -0.2) is 4.79 Å². The van der Waals surface area contributed by atoms with E-state index in [1.807, 2.05) is 6.07 Å². The van der Waals surface area contributed by atoms with Crippen LogP contribution in [-0.4, -0.2) is 42.2 Å². The fourth-order valence-corrected chi connectivity index (χ4v) is 2.50. The summed E-state index contributed by atoms with van der Waals surface area (Å²) in [7, 11) is 0. The molecule has 0 spiro atoms. The van der Waals surface area contributed by atoms with Crippen LogP contribution in [0.25, 0.3) is 0 Å². The van der Waals surface area contributed by atoms with E-state index in [-0.39, 0.29) is 0 Å². The maximum Gasteiger partial charge on any atom is 0.336 e. The van der Waals surface area contributed by atoms with E-state index in [9.17, 15) is 4.79 Å². The fraction of sp³-hybridized carbons (Fsp3) is 0.562. The molecule has 1 N–H and O–H groups in total. The lowest BCUT2D eigenvalue weighted by Gasteiger charge is -2.29. The third-order valence-electron chi connectivity index (χ3n) is 3.99. The average molecular weight is 277 g/mol. The minimum absolute atomic E-state index is 0.314. The number of likely N-dealkylation sites (tertiary alicyclic amines) is 1. The molecular weight excluding hydrogens is 254 g/mol. The molecule has 4 nitrogen and oxygen atoms in total. The van der Waals surface area contributed by atoms with E-state index in [0.29, 0.717) is 17.9 Å². The molecule has 20 heavy (non-hydrogen) atoms. The zero-order valence-corrected chi connectivity index (χ0v) is 12.3. The summed E-state index contributed by atoms with van der Waals surface area (Å²) < 4.78 is 5.68. The number of aromatic carboxylic acids is 1. The molecule has 0 radical (unpaired) electrons. The zero-order chi connectivity index (χ0) is 14.5. The van der Waals surface area contributed by atoms with Gasteiger partial charge in [0.1, 0.15) is 12.4 Å². The molecule has 0 aliphatic carbocycles. The maximum absolute atomic E-state index is 11.1. The second kappa shape index (κ2) is 6.75. The lowest BCUT2D eigenvalue weighted by Crippen LogP contribution is -2.35. The number of carbonyl (C=O) groups is 1. The van der Waals surface area contributed by atoms with Crippen LogP contribution in [0.1, 0.15) is 35.7 Å². The number of hydrogen-bond donors (Lipinski definition) is 1. The molecule has 1 fully saturated rings. The molecule has 0 atom stereocenters. The highest BCUT2D eigenvalue weighted by Gasteiger charge is 2.15. The van der Waals surface area contributed by atoms with Gasteiger partial charge in [-0.1, -0.05) is 13.0 Å². The van der Waals surface area contributed by atoms with Crippen molar-refractivity contribution in [2.75, 3.05) is 26.2 Å². The molecule has 2 rings (SSSR count). The minimum atomic E-state index is -0.905. The number of ether oxygens (including phenoxy) is 1. The van der Waals surface area contributed by atoms with Crippen molar-refractivity contribution in [3.8, 4) is 5.75 Å². The van der Waals surface area contributed by atoms with Crippen LogP contribution in [0.5, 0.6) is 5.75 Å². The van der Waals surface area contributed by atoms with E-state index in [4.69, 9.17) is 9.84 Å². The van der Waals surface area contributed by atoms with Gasteiger partial charge in [0.2, 0.25) is 0 Å². The lowest BCUT2D eigenvalue weighted by atomic mass is 9.99. The predicted octanol–water partition coefficient (Wildman–Crippen LogP) is 2.80. The number of benzene rings is 1. The van der Waals surface area contributed by atoms with Gasteiger partial charge in [0.15, 0.2) is 0 Å². The first-order chi connectivity index (χ1) is 9.56. The Bertz CT molecular complexity index is 465. The highest BCUT2D eigenvalue weighted by atomic mass is 16.5. The number of carboxylic acids is 1. The van der Waals surface area contributed by atoms with Crippen LogP contribution < -0.4 is 4.74 Å². The van der Waals surface area contributed by atoms with Crippen molar-refractivity contribution in [3.05, 3.63) is 29.3 Å². The van der Waals surface area contributed by atoms with Crippen molar-refractivity contribution in [2.45, 2.75) is 26.7 Å². The largest absolute Gasteiger partial charge is 0.492 e. The lowest BCUT2D eigenvalue weighted by molar-refractivity contribution is 0.0695. The van der Waals surface area contributed by atoms with E-state index in [0.717, 1.165) is 31.1 Å². The molecule has 0 amide bonds. The minimum Gasteiger partial charge on any atom is -0.492 e. The van der Waals surface area contributed by atoms with Gasteiger partial charge in [-0.15, -0.1) is 0 Å². The summed E-state index contributed by atoms with van der Waals surface area (Å²) in [5, 5.41) is 9.08. The molecule has 4 heteroatoms. The molecular formula is C16H23NO3. The van der Waals surface area contributed by atoms with Crippen LogP contribution in [0.15, 0.2) is 18.2 Å². The Kier molecular flexibility index (Phi) is 5.01. The van der Waals surface area contributed by atoms with Crippen LogP contribution in [0.2, 0.25) is 0 Å². The standard InChI is InChI=1S/C16H23NO3/c1-12-5-7-17(8-6-12)9-10-20-14-4-3-13(2)15(11-14)16(18)19/h3-4,11-12H,5-10H2,1-2H3,(H,18,19). The Morgan fingerprint density at radius 2 is 2.10 bits per heavy atom. The normalized spacial score (nSPS) is 17.1. The van der Waals surface area contributed by atoms with Crippen LogP contribution >= 0.6 is 0 Å². The summed E-state index contributed by atoms with van der Waals surface area (Å²) in [6.07, 6.45) is 2.52. The first kappa shape index (κ1) is 14.9. The number of nitrogens with zero attached hydrogens (tertiary/aromatic N) is 1. The van der Waals surface area contributed by atoms with E-state index in [2.05, 4.69) is 11.8 Å². The molecule has 0 saturated carbocycles. The van der Waals surface area contributed by atoms with E-state index in [1.54, 1.807) is 19.1 Å². The zero-order valence-electron chi connectivity index (χ0n) is 12.3. The van der Waals surface area contributed by atoms with Crippen LogP contribution in [0.4, 0.5) is 0 Å². The molecule has 0 bridgehead atoms. The van der Waals surface area contributed by atoms with E-state index < -0.39 is 5.97 Å². The van der Waals surface area contributed by atoms with Crippen LogP contribution in [-0.2, 0) is 0 Å². The van der Waals surface area contributed by atoms with Gasteiger partial charge < -0.3 is 9.84 Å². The average Bonchev–Trinajstić information content (AvgIpc) is 2.42. The van der Waals surface area contributed by atoms with Gasteiger partial charge in [-0.05, 0) is 56.5 Å². The molecule has 110 valence electrons. The highest BCUT2D eigenvalue weighted by Crippen LogP contribution is 2.18. The smallest absolute Gasteiger partial charge is 0.336 e. The van der Waals surface area contributed by atoms with Gasteiger partial charge in [0.05, 0.1) is 5.56 Å². The van der Waals surface area contributed by atoms with Gasteiger partial charge in [0.25, 0.3) is 0 Å². The summed E-state index contributed by atoms with van der Waals surface area (Å²) in [4.78, 5) is 13.5. The van der Waals surface area contributed by atoms with Crippen molar-refractivity contribution < 1.29 is 14.6 Å². The molecule has 1 aromatic carbocycles. The maximum atomic E-state index is 11.1. The van der Waals surface area contributed by atoms with Crippen molar-refractivity contribution in [2.24, 2.45) is 5.92 Å². The molecule has 1 heterocycles. The SMILES string of the molecule is Cc1ccc(OCCN2CCC(C)CC2)cc1C(=O)O. The summed E-state index contributed by atoms with van der Waals surface area (Å²) in [5.41, 5.74) is 1.07. The molecule has 1 aromatic rings. The highest BCUT2D eigenvalue weighted by molar-refractivity contribution is 5.89. The van der Waals surface area contributed by atoms with Crippen LogP contribution in [0.3, 0.4) is 0 Å². The van der Waals surface area contributed by atoms with Gasteiger partial charge in [-0.2, -0.15) is 0 Å². The number of hydrogen-bond acceptors (Lipinski definition) is 3. The third-order valence-corrected chi connectivity index (χ3v) is 3.99. The Labute approximate surface area is 120 Å². The summed E-state index contributed by atoms with van der Waals surface area (Å²) in [6, 6.07) is 5.23. The molecule has 0 unspecified atom stereocenters. The topological polar surface area (TPSA) is 49.8 Å². The molecule has 0 aromatic heterocycles. The first-order valence-electron chi connectivity index (χ1n) is 7.25. The van der Waals surface area contributed by atoms with Crippen molar-refractivity contribution >= 4 is 5.97 Å². The Balaban J connectivity index is 1.82. The van der Waals surface area contributed by atoms with Crippen molar-refractivity contribution in [1.82, 2.24) is 4.90 Å². The fourth-order valence-electron chi connectivity index (χ4n) is 2.50. The quantitative estimate of drug-likeness (QED) is 0.899. The number of piperidine rings is 1. The van der Waals surface area contributed by atoms with Gasteiger partial charge in [0, 0.05) is 6.54 Å². The Hall–Kier alpha value is -1.55. The van der Waals surface area contributed by atoms with E-state index in [1.165, 1.54) is 12.8 Å². The third kappa shape index (κ3) is 3.97. The summed E-state index contributed by atoms with van der Waals surface area (Å²) >= 11 is 0. The number of aryl methyl sites for hydroxylation is 1.